The summed E-state index contributed by atoms with van der Waals surface area (Å²) in [6.07, 6.45) is 36.1. The van der Waals surface area contributed by atoms with E-state index in [1.165, 1.54) is 70.6 Å². The fourth-order valence-electron chi connectivity index (χ4n) is 5.33. The number of rotatable bonds is 37. The van der Waals surface area contributed by atoms with Crippen molar-refractivity contribution in [3.05, 3.63) is 36.5 Å². The second kappa shape index (κ2) is 35.7. The second-order valence-electron chi connectivity index (χ2n) is 13.4. The number of carboxylic acids is 1. The molecule has 0 aromatic heterocycles. The smallest absolute Gasteiger partial charge is 0.472 e. The molecule has 0 aromatic rings. The van der Waals surface area contributed by atoms with Crippen LogP contribution in [0.5, 0.6) is 0 Å². The normalized spacial score (nSPS) is 14.2. The highest BCUT2D eigenvalue weighted by molar-refractivity contribution is 7.47. The Morgan fingerprint density at radius 1 is 0.635 bits per heavy atom. The first-order valence-corrected chi connectivity index (χ1v) is 21.5. The lowest BCUT2D eigenvalue weighted by molar-refractivity contribution is -0.147. The lowest BCUT2D eigenvalue weighted by Crippen LogP contribution is -2.43. The quantitative estimate of drug-likeness (QED) is 0.0207. The van der Waals surface area contributed by atoms with Gasteiger partial charge in [0, 0.05) is 12.8 Å². The number of hydrogen-bond acceptors (Lipinski definition) is 8. The molecule has 3 atom stereocenters. The summed E-state index contributed by atoms with van der Waals surface area (Å²) in [6, 6.07) is -1.56. The molecule has 0 aliphatic rings. The fraction of sp³-hybridized carbons (Fsp3) is 0.775. The van der Waals surface area contributed by atoms with Gasteiger partial charge in [0.1, 0.15) is 12.7 Å². The molecule has 1 amide bonds. The van der Waals surface area contributed by atoms with Crippen molar-refractivity contribution in [2.75, 3.05) is 19.8 Å². The van der Waals surface area contributed by atoms with Crippen LogP contribution in [-0.2, 0) is 32.7 Å². The van der Waals surface area contributed by atoms with E-state index in [-0.39, 0.29) is 12.8 Å². The SMILES string of the molecule is CC/C=C\C/C=C\C/C=C\CCCCCC(=O)NC(COP(=O)(O)OCC(O)COC(=O)CCCCCCCCCCCCCCCCC)C(=O)O. The van der Waals surface area contributed by atoms with Crippen LogP contribution in [-0.4, -0.2) is 64.9 Å². The predicted molar refractivity (Wildman–Crippen MR) is 208 cm³/mol. The Labute approximate surface area is 314 Å². The highest BCUT2D eigenvalue weighted by atomic mass is 31.2. The molecule has 52 heavy (non-hydrogen) atoms. The number of aliphatic hydroxyl groups is 1. The molecular formula is C40H72NO10P. The molecule has 12 heteroatoms. The first-order chi connectivity index (χ1) is 25.1. The van der Waals surface area contributed by atoms with Crippen LogP contribution in [0.2, 0.25) is 0 Å². The Hall–Kier alpha value is -2.30. The van der Waals surface area contributed by atoms with Gasteiger partial charge in [0.25, 0.3) is 0 Å². The van der Waals surface area contributed by atoms with Crippen molar-refractivity contribution in [1.29, 1.82) is 0 Å². The van der Waals surface area contributed by atoms with Gasteiger partial charge in [-0.2, -0.15) is 0 Å². The number of nitrogens with one attached hydrogen (secondary N) is 1. The zero-order chi connectivity index (χ0) is 38.5. The molecule has 302 valence electrons. The number of carbonyl (C=O) groups excluding carboxylic acids is 2. The van der Waals surface area contributed by atoms with Crippen molar-refractivity contribution < 1.29 is 47.8 Å². The lowest BCUT2D eigenvalue weighted by atomic mass is 10.0. The van der Waals surface area contributed by atoms with E-state index in [0.29, 0.717) is 12.8 Å². The van der Waals surface area contributed by atoms with E-state index >= 15 is 0 Å². The zero-order valence-electron chi connectivity index (χ0n) is 32.4. The number of allylic oxidation sites excluding steroid dienone is 6. The molecule has 0 radical (unpaired) electrons. The molecule has 4 N–H and O–H groups in total. The van der Waals surface area contributed by atoms with Crippen molar-refractivity contribution >= 4 is 25.7 Å². The third kappa shape index (κ3) is 34.8. The Bertz CT molecular complexity index is 1030. The second-order valence-corrected chi connectivity index (χ2v) is 14.9. The van der Waals surface area contributed by atoms with Gasteiger partial charge in [-0.05, 0) is 44.9 Å². The van der Waals surface area contributed by atoms with E-state index in [1.54, 1.807) is 0 Å². The molecule has 0 aliphatic carbocycles. The van der Waals surface area contributed by atoms with E-state index in [0.717, 1.165) is 57.8 Å². The number of aliphatic hydroxyl groups excluding tert-OH is 1. The molecule has 0 saturated carbocycles. The van der Waals surface area contributed by atoms with Gasteiger partial charge in [-0.3, -0.25) is 18.6 Å². The van der Waals surface area contributed by atoms with Crippen molar-refractivity contribution in [3.63, 3.8) is 0 Å². The van der Waals surface area contributed by atoms with Gasteiger partial charge in [-0.15, -0.1) is 0 Å². The van der Waals surface area contributed by atoms with Crippen LogP contribution in [0.3, 0.4) is 0 Å². The molecule has 0 aromatic carbocycles. The Kier molecular flexibility index (Phi) is 34.1. The van der Waals surface area contributed by atoms with Gasteiger partial charge >= 0.3 is 19.8 Å². The lowest BCUT2D eigenvalue weighted by Gasteiger charge is -2.18. The topological polar surface area (TPSA) is 169 Å². The highest BCUT2D eigenvalue weighted by Gasteiger charge is 2.28. The van der Waals surface area contributed by atoms with E-state index in [9.17, 15) is 34.1 Å². The van der Waals surface area contributed by atoms with Gasteiger partial charge in [-0.25, -0.2) is 9.36 Å². The molecule has 0 bridgehead atoms. The summed E-state index contributed by atoms with van der Waals surface area (Å²) in [5.74, 6) is -2.41. The van der Waals surface area contributed by atoms with Crippen molar-refractivity contribution in [1.82, 2.24) is 5.32 Å². The molecule has 0 aliphatic heterocycles. The largest absolute Gasteiger partial charge is 0.480 e. The maximum absolute atomic E-state index is 12.2. The predicted octanol–water partition coefficient (Wildman–Crippen LogP) is 9.66. The molecule has 3 unspecified atom stereocenters. The number of ether oxygens (including phenoxy) is 1. The van der Waals surface area contributed by atoms with Gasteiger partial charge in [0.2, 0.25) is 5.91 Å². The fourth-order valence-corrected chi connectivity index (χ4v) is 6.10. The molecule has 0 fully saturated rings. The van der Waals surface area contributed by atoms with Crippen molar-refractivity contribution in [3.8, 4) is 0 Å². The summed E-state index contributed by atoms with van der Waals surface area (Å²) in [5.41, 5.74) is 0. The van der Waals surface area contributed by atoms with Crippen LogP contribution in [0.25, 0.3) is 0 Å². The van der Waals surface area contributed by atoms with E-state index in [1.807, 2.05) is 0 Å². The van der Waals surface area contributed by atoms with Crippen LogP contribution < -0.4 is 5.32 Å². The first kappa shape index (κ1) is 49.7. The highest BCUT2D eigenvalue weighted by Crippen LogP contribution is 2.43. The third-order valence-electron chi connectivity index (χ3n) is 8.44. The molecule has 11 nitrogen and oxygen atoms in total. The summed E-state index contributed by atoms with van der Waals surface area (Å²) >= 11 is 0. The Balaban J connectivity index is 3.96. The third-order valence-corrected chi connectivity index (χ3v) is 9.39. The van der Waals surface area contributed by atoms with E-state index in [2.05, 4.69) is 55.6 Å². The maximum Gasteiger partial charge on any atom is 0.472 e. The number of esters is 1. The van der Waals surface area contributed by atoms with Gasteiger partial charge in [0.05, 0.1) is 13.2 Å². The molecule has 0 saturated heterocycles. The van der Waals surface area contributed by atoms with Gasteiger partial charge in [-0.1, -0.05) is 147 Å². The first-order valence-electron chi connectivity index (χ1n) is 20.0. The molecule has 0 heterocycles. The van der Waals surface area contributed by atoms with Crippen LogP contribution in [0.1, 0.15) is 168 Å². The van der Waals surface area contributed by atoms with Crippen LogP contribution in [0.4, 0.5) is 0 Å². The van der Waals surface area contributed by atoms with Crippen LogP contribution in [0.15, 0.2) is 36.5 Å². The molecule has 0 rings (SSSR count). The van der Waals surface area contributed by atoms with E-state index < -0.39 is 57.6 Å². The van der Waals surface area contributed by atoms with Crippen molar-refractivity contribution in [2.24, 2.45) is 0 Å². The summed E-state index contributed by atoms with van der Waals surface area (Å²) < 4.78 is 26.7. The molecule has 0 spiro atoms. The van der Waals surface area contributed by atoms with Crippen molar-refractivity contribution in [2.45, 2.75) is 180 Å². The summed E-state index contributed by atoms with van der Waals surface area (Å²) in [7, 11) is -4.76. The maximum atomic E-state index is 12.2. The number of unbranched alkanes of at least 4 members (excludes halogenated alkanes) is 17. The summed E-state index contributed by atoms with van der Waals surface area (Å²) in [6.45, 7) is 2.44. The Morgan fingerprint density at radius 2 is 1.12 bits per heavy atom. The van der Waals surface area contributed by atoms with Crippen LogP contribution >= 0.6 is 7.82 Å². The molecular weight excluding hydrogens is 685 g/mol. The zero-order valence-corrected chi connectivity index (χ0v) is 33.3. The Morgan fingerprint density at radius 3 is 1.67 bits per heavy atom. The summed E-state index contributed by atoms with van der Waals surface area (Å²) in [5, 5.41) is 21.7. The van der Waals surface area contributed by atoms with Gasteiger partial charge in [0.15, 0.2) is 6.04 Å². The summed E-state index contributed by atoms with van der Waals surface area (Å²) in [4.78, 5) is 45.7. The standard InChI is InChI=1S/C40H72NO10P/c1-3-5-7-9-11-13-15-17-18-20-22-24-26-28-30-32-39(44)49-33-36(42)34-50-52(47,48)51-35-37(40(45)46)41-38(43)31-29-27-25-23-21-19-16-14-12-10-8-6-4-2/h6,8,12,14,19,21,36-37,42H,3-5,7,9-11,13,15-18,20,22-35H2,1-2H3,(H,41,43)(H,45,46)(H,47,48)/b8-6-,14-12-,21-19-. The number of hydrogen-bond donors (Lipinski definition) is 4. The minimum atomic E-state index is -4.76. The van der Waals surface area contributed by atoms with Crippen LogP contribution in [0, 0.1) is 0 Å². The average Bonchev–Trinajstić information content (AvgIpc) is 3.11. The number of carboxylic acid groups (broad SMARTS) is 1. The number of phosphoric acid groups is 1. The minimum Gasteiger partial charge on any atom is -0.480 e. The van der Waals surface area contributed by atoms with E-state index in [4.69, 9.17) is 13.8 Å². The monoisotopic (exact) mass is 757 g/mol. The number of aliphatic carboxylic acids is 1. The van der Waals surface area contributed by atoms with Gasteiger partial charge < -0.3 is 25.2 Å². The number of amides is 1. The minimum absolute atomic E-state index is 0.110. The number of carbonyl (C=O) groups is 3. The average molecular weight is 758 g/mol. The number of phosphoric ester groups is 1.